The highest BCUT2D eigenvalue weighted by Gasteiger charge is 2.34. The number of nitrogens with zero attached hydrogens (tertiary/aromatic N) is 2. The van der Waals surface area contributed by atoms with Gasteiger partial charge in [0.25, 0.3) is 0 Å². The van der Waals surface area contributed by atoms with E-state index in [4.69, 9.17) is 0 Å². The smallest absolute Gasteiger partial charge is 0.342 e. The van der Waals surface area contributed by atoms with Crippen molar-refractivity contribution in [3.63, 3.8) is 0 Å². The van der Waals surface area contributed by atoms with Gasteiger partial charge in [0.05, 0.1) is 0 Å². The van der Waals surface area contributed by atoms with E-state index >= 15 is 0 Å². The van der Waals surface area contributed by atoms with Gasteiger partial charge in [0.15, 0.2) is 0 Å². The second-order valence-electron chi connectivity index (χ2n) is 6.91. The molecule has 0 aliphatic carbocycles. The quantitative estimate of drug-likeness (QED) is 0.676. The molecule has 146 valence electrons. The number of piperidine rings is 1. The number of hydrogen-bond donors (Lipinski definition) is 0. The molecule has 1 aliphatic heterocycles. The first-order valence-corrected chi connectivity index (χ1v) is 9.08. The second kappa shape index (κ2) is 9.35. The molecule has 1 aromatic rings. The van der Waals surface area contributed by atoms with Crippen LogP contribution in [0, 0.1) is 11.7 Å². The zero-order valence-corrected chi connectivity index (χ0v) is 15.1. The minimum Gasteiger partial charge on any atom is -0.342 e. The van der Waals surface area contributed by atoms with Crippen molar-refractivity contribution >= 4 is 5.91 Å². The average molecular weight is 374 g/mol. The van der Waals surface area contributed by atoms with Gasteiger partial charge in [-0.3, -0.25) is 4.79 Å². The maximum atomic E-state index is 13.2. The Labute approximate surface area is 152 Å². The number of hydrogen-bond acceptors (Lipinski definition) is 2. The van der Waals surface area contributed by atoms with Crippen molar-refractivity contribution in [2.75, 3.05) is 32.7 Å². The van der Waals surface area contributed by atoms with Gasteiger partial charge in [0, 0.05) is 26.2 Å². The molecule has 7 heteroatoms. The van der Waals surface area contributed by atoms with Crippen molar-refractivity contribution in [3.05, 3.63) is 35.6 Å². The molecule has 0 spiro atoms. The third-order valence-electron chi connectivity index (χ3n) is 4.77. The Bertz CT molecular complexity index is 591. The molecule has 1 unspecified atom stereocenters. The van der Waals surface area contributed by atoms with Crippen LogP contribution < -0.4 is 0 Å². The highest BCUT2D eigenvalue weighted by molar-refractivity contribution is 5.76. The highest BCUT2D eigenvalue weighted by atomic mass is 19.4. The van der Waals surface area contributed by atoms with Crippen LogP contribution in [0.2, 0.25) is 0 Å². The van der Waals surface area contributed by atoms with Crippen molar-refractivity contribution in [1.82, 2.24) is 9.80 Å². The zero-order chi connectivity index (χ0) is 19.2. The molecule has 0 aromatic heterocycles. The molecule has 1 amide bonds. The topological polar surface area (TPSA) is 23.6 Å². The van der Waals surface area contributed by atoms with E-state index in [1.165, 1.54) is 17.0 Å². The predicted octanol–water partition coefficient (Wildman–Crippen LogP) is 3.88. The van der Waals surface area contributed by atoms with Gasteiger partial charge >= 0.3 is 6.18 Å². The molecule has 1 fully saturated rings. The van der Waals surface area contributed by atoms with Gasteiger partial charge in [-0.2, -0.15) is 13.2 Å². The van der Waals surface area contributed by atoms with Crippen LogP contribution in [-0.2, 0) is 11.2 Å². The number of alkyl halides is 3. The van der Waals surface area contributed by atoms with Gasteiger partial charge in [-0.1, -0.05) is 12.1 Å². The van der Waals surface area contributed by atoms with Crippen LogP contribution in [0.4, 0.5) is 17.6 Å². The zero-order valence-electron chi connectivity index (χ0n) is 15.1. The van der Waals surface area contributed by atoms with Crippen LogP contribution in [0.1, 0.15) is 31.7 Å². The fraction of sp³-hybridized carbons (Fsp3) is 0.632. The summed E-state index contributed by atoms with van der Waals surface area (Å²) >= 11 is 0. The molecule has 1 atom stereocenters. The van der Waals surface area contributed by atoms with E-state index in [2.05, 4.69) is 4.90 Å². The summed E-state index contributed by atoms with van der Waals surface area (Å²) in [6.45, 7) is 4.82. The number of carbonyl (C=O) groups excluding carboxylic acids is 1. The van der Waals surface area contributed by atoms with E-state index in [0.717, 1.165) is 44.5 Å². The Morgan fingerprint density at radius 3 is 2.77 bits per heavy atom. The SMILES string of the molecule is CCN(CC1CCCN(CCc2cccc(F)c2)C1)C(=O)CC(F)(F)F. The summed E-state index contributed by atoms with van der Waals surface area (Å²) in [6, 6.07) is 6.52. The molecule has 1 aliphatic rings. The fourth-order valence-corrected chi connectivity index (χ4v) is 3.49. The van der Waals surface area contributed by atoms with E-state index < -0.39 is 18.5 Å². The van der Waals surface area contributed by atoms with Crippen LogP contribution in [-0.4, -0.2) is 54.6 Å². The second-order valence-corrected chi connectivity index (χ2v) is 6.91. The first kappa shape index (κ1) is 20.7. The molecule has 0 saturated carbocycles. The van der Waals surface area contributed by atoms with Crippen molar-refractivity contribution in [2.24, 2.45) is 5.92 Å². The Morgan fingerprint density at radius 2 is 2.12 bits per heavy atom. The van der Waals surface area contributed by atoms with Crippen molar-refractivity contribution in [1.29, 1.82) is 0 Å². The Hall–Kier alpha value is -1.63. The summed E-state index contributed by atoms with van der Waals surface area (Å²) in [5.41, 5.74) is 0.933. The van der Waals surface area contributed by atoms with Gasteiger partial charge in [0.2, 0.25) is 5.91 Å². The van der Waals surface area contributed by atoms with Gasteiger partial charge in [-0.15, -0.1) is 0 Å². The third kappa shape index (κ3) is 6.94. The number of rotatable bonds is 7. The molecule has 0 radical (unpaired) electrons. The number of halogens is 4. The normalized spacial score (nSPS) is 18.7. The van der Waals surface area contributed by atoms with E-state index in [1.54, 1.807) is 13.0 Å². The summed E-state index contributed by atoms with van der Waals surface area (Å²) in [7, 11) is 0. The summed E-state index contributed by atoms with van der Waals surface area (Å²) in [5, 5.41) is 0. The predicted molar refractivity (Wildman–Crippen MR) is 92.2 cm³/mol. The molecule has 3 nitrogen and oxygen atoms in total. The average Bonchev–Trinajstić information content (AvgIpc) is 2.57. The van der Waals surface area contributed by atoms with Crippen molar-refractivity contribution in [2.45, 2.75) is 38.8 Å². The van der Waals surface area contributed by atoms with Gasteiger partial charge in [-0.25, -0.2) is 4.39 Å². The van der Waals surface area contributed by atoms with Gasteiger partial charge in [-0.05, 0) is 56.3 Å². The standard InChI is InChI=1S/C19H26F4N2O/c1-2-25(18(26)12-19(21,22)23)14-16-6-4-9-24(13-16)10-8-15-5-3-7-17(20)11-15/h3,5,7,11,16H,2,4,6,8-10,12-14H2,1H3. The minimum absolute atomic E-state index is 0.174. The van der Waals surface area contributed by atoms with Crippen LogP contribution in [0.3, 0.4) is 0 Å². The molecule has 1 aromatic carbocycles. The summed E-state index contributed by atoms with van der Waals surface area (Å²) < 4.78 is 50.6. The molecule has 0 bridgehead atoms. The Morgan fingerprint density at radius 1 is 1.35 bits per heavy atom. The molecule has 1 saturated heterocycles. The lowest BCUT2D eigenvalue weighted by Gasteiger charge is -2.35. The lowest BCUT2D eigenvalue weighted by molar-refractivity contribution is -0.161. The van der Waals surface area contributed by atoms with Crippen LogP contribution in [0.25, 0.3) is 0 Å². The Balaban J connectivity index is 1.83. The lowest BCUT2D eigenvalue weighted by atomic mass is 9.96. The highest BCUT2D eigenvalue weighted by Crippen LogP contribution is 2.23. The van der Waals surface area contributed by atoms with Gasteiger partial charge < -0.3 is 9.80 Å². The van der Waals surface area contributed by atoms with E-state index in [0.29, 0.717) is 6.54 Å². The van der Waals surface area contributed by atoms with Crippen molar-refractivity contribution in [3.8, 4) is 0 Å². The summed E-state index contributed by atoms with van der Waals surface area (Å²) in [6.07, 6.45) is -3.26. The first-order chi connectivity index (χ1) is 12.3. The van der Waals surface area contributed by atoms with E-state index in [9.17, 15) is 22.4 Å². The third-order valence-corrected chi connectivity index (χ3v) is 4.77. The van der Waals surface area contributed by atoms with Crippen LogP contribution in [0.5, 0.6) is 0 Å². The van der Waals surface area contributed by atoms with E-state index in [1.807, 2.05) is 6.07 Å². The molecule has 2 rings (SSSR count). The molecule has 26 heavy (non-hydrogen) atoms. The summed E-state index contributed by atoms with van der Waals surface area (Å²) in [4.78, 5) is 15.4. The first-order valence-electron chi connectivity index (χ1n) is 9.08. The molecular weight excluding hydrogens is 348 g/mol. The number of benzene rings is 1. The molecular formula is C19H26F4N2O. The van der Waals surface area contributed by atoms with Crippen molar-refractivity contribution < 1.29 is 22.4 Å². The molecule has 1 heterocycles. The van der Waals surface area contributed by atoms with Gasteiger partial charge in [0.1, 0.15) is 12.2 Å². The maximum absolute atomic E-state index is 13.2. The van der Waals surface area contributed by atoms with Crippen LogP contribution in [0.15, 0.2) is 24.3 Å². The minimum atomic E-state index is -4.46. The summed E-state index contributed by atoms with van der Waals surface area (Å²) in [5.74, 6) is -0.925. The largest absolute Gasteiger partial charge is 0.397 e. The number of amides is 1. The lowest BCUT2D eigenvalue weighted by Crippen LogP contribution is -2.44. The molecule has 0 N–H and O–H groups in total. The Kier molecular flexibility index (Phi) is 7.43. The number of carbonyl (C=O) groups is 1. The monoisotopic (exact) mass is 374 g/mol. The van der Waals surface area contributed by atoms with Crippen LogP contribution >= 0.6 is 0 Å². The fourth-order valence-electron chi connectivity index (χ4n) is 3.49. The maximum Gasteiger partial charge on any atom is 0.397 e. The number of likely N-dealkylation sites (tertiary alicyclic amines) is 1. The van der Waals surface area contributed by atoms with E-state index in [-0.39, 0.29) is 18.3 Å².